The van der Waals surface area contributed by atoms with Crippen molar-refractivity contribution in [2.24, 2.45) is 0 Å². The van der Waals surface area contributed by atoms with E-state index in [-0.39, 0.29) is 48.3 Å². The van der Waals surface area contributed by atoms with Gasteiger partial charge in [-0.3, -0.25) is 14.5 Å². The molecule has 1 amide bonds. The molecule has 4 aromatic rings. The highest BCUT2D eigenvalue weighted by atomic mass is 35.5. The van der Waals surface area contributed by atoms with Gasteiger partial charge in [-0.15, -0.1) is 0 Å². The number of fused-ring (bicyclic) bond motifs is 1. The SMILES string of the molecule is COc1nc(O[C@H]2CCc3c(-c4cccc(C(=O)Nc5ccc(CN6CCC(C)(O)C6)cn5)c4Cl)cccc32)c(Cl)cc1CNC[C@@H](O)CC(=O)O. The van der Waals surface area contributed by atoms with Crippen LogP contribution in [0, 0.1) is 0 Å². The minimum absolute atomic E-state index is 0.0705. The van der Waals surface area contributed by atoms with Crippen LogP contribution >= 0.6 is 23.2 Å². The maximum atomic E-state index is 13.4. The van der Waals surface area contributed by atoms with E-state index in [4.69, 9.17) is 37.8 Å². The number of carboxylic acid groups (broad SMARTS) is 1. The van der Waals surface area contributed by atoms with Crippen molar-refractivity contribution in [1.29, 1.82) is 0 Å². The van der Waals surface area contributed by atoms with E-state index in [1.165, 1.54) is 7.11 Å². The molecule has 1 saturated heterocycles. The van der Waals surface area contributed by atoms with Crippen LogP contribution in [-0.2, 0) is 24.3 Å². The molecule has 1 fully saturated rings. The van der Waals surface area contributed by atoms with Crippen LogP contribution in [0.2, 0.25) is 10.0 Å². The Hall–Kier alpha value is -4.30. The summed E-state index contributed by atoms with van der Waals surface area (Å²) in [7, 11) is 1.48. The first-order valence-corrected chi connectivity index (χ1v) is 17.8. The number of likely N-dealkylation sites (tertiary alicyclic amines) is 1. The van der Waals surface area contributed by atoms with Crippen LogP contribution in [0.1, 0.15) is 64.9 Å². The van der Waals surface area contributed by atoms with E-state index >= 15 is 0 Å². The number of aromatic nitrogens is 2. The lowest BCUT2D eigenvalue weighted by Crippen LogP contribution is -2.29. The summed E-state index contributed by atoms with van der Waals surface area (Å²) >= 11 is 13.5. The van der Waals surface area contributed by atoms with E-state index in [1.54, 1.807) is 30.5 Å². The first kappa shape index (κ1) is 37.5. The number of carbonyl (C=O) groups excluding carboxylic acids is 1. The highest BCUT2D eigenvalue weighted by molar-refractivity contribution is 6.37. The number of benzene rings is 2. The number of nitrogens with one attached hydrogen (secondary N) is 2. The van der Waals surface area contributed by atoms with Gasteiger partial charge in [0.05, 0.1) is 35.8 Å². The van der Waals surface area contributed by atoms with Crippen LogP contribution in [0.3, 0.4) is 0 Å². The van der Waals surface area contributed by atoms with E-state index in [0.29, 0.717) is 47.9 Å². The lowest BCUT2D eigenvalue weighted by Gasteiger charge is -2.19. The van der Waals surface area contributed by atoms with Crippen molar-refractivity contribution in [1.82, 2.24) is 20.2 Å². The molecule has 3 atom stereocenters. The number of methoxy groups -OCH3 is 1. The maximum absolute atomic E-state index is 13.4. The second-order valence-corrected chi connectivity index (χ2v) is 14.3. The third kappa shape index (κ3) is 8.83. The number of carbonyl (C=O) groups is 2. The summed E-state index contributed by atoms with van der Waals surface area (Å²) in [5.41, 5.74) is 4.89. The number of aliphatic carboxylic acids is 1. The van der Waals surface area contributed by atoms with Crippen molar-refractivity contribution < 1.29 is 34.4 Å². The van der Waals surface area contributed by atoms with Gasteiger partial charge < -0.3 is 35.4 Å². The number of carboxylic acids is 1. The second kappa shape index (κ2) is 16.2. The minimum atomic E-state index is -1.08. The summed E-state index contributed by atoms with van der Waals surface area (Å²) < 4.78 is 11.8. The standard InChI is InChI=1S/C38H41Cl2N5O7/c1-38(50)13-14-45(21-38)20-22-9-12-32(42-17-22)43-35(49)29-8-4-7-28(34(29)40)25-5-3-6-27-26(25)10-11-31(27)52-37-30(39)15-23(36(44-37)51-2)18-41-19-24(46)16-33(47)48/h3-9,12,15,17,24,31,41,46,50H,10-11,13-14,16,18-21H2,1-2H3,(H,47,48)(H,42,43,49)/t24-,31-,38?/m0/s1. The summed E-state index contributed by atoms with van der Waals surface area (Å²) in [6.07, 6.45) is 2.07. The molecule has 14 heteroatoms. The molecular weight excluding hydrogens is 709 g/mol. The molecule has 0 bridgehead atoms. The zero-order valence-corrected chi connectivity index (χ0v) is 30.4. The largest absolute Gasteiger partial charge is 0.481 e. The number of anilines is 1. The Morgan fingerprint density at radius 2 is 1.90 bits per heavy atom. The van der Waals surface area contributed by atoms with Crippen LogP contribution in [0.15, 0.2) is 60.8 Å². The Labute approximate surface area is 311 Å². The fourth-order valence-corrected chi connectivity index (χ4v) is 7.31. The molecular formula is C38H41Cl2N5O7. The van der Waals surface area contributed by atoms with Crippen LogP contribution in [-0.4, -0.2) is 80.5 Å². The van der Waals surface area contributed by atoms with Crippen LogP contribution in [0.5, 0.6) is 11.8 Å². The molecule has 0 radical (unpaired) electrons. The summed E-state index contributed by atoms with van der Waals surface area (Å²) in [6.45, 7) is 4.26. The van der Waals surface area contributed by atoms with Gasteiger partial charge in [-0.25, -0.2) is 4.98 Å². The first-order valence-electron chi connectivity index (χ1n) is 17.0. The Kier molecular flexibility index (Phi) is 11.6. The molecule has 52 heavy (non-hydrogen) atoms. The zero-order chi connectivity index (χ0) is 37.0. The van der Waals surface area contributed by atoms with E-state index in [0.717, 1.165) is 40.8 Å². The molecule has 1 aliphatic heterocycles. The average Bonchev–Trinajstić information content (AvgIpc) is 3.67. The fourth-order valence-electron chi connectivity index (χ4n) is 6.78. The number of β-amino-alcohol motifs (C(OH)–C–C–N with tert-alkyl or cyclic N) is 1. The van der Waals surface area contributed by atoms with Gasteiger partial charge in [-0.1, -0.05) is 59.6 Å². The van der Waals surface area contributed by atoms with Gasteiger partial charge in [0.1, 0.15) is 16.9 Å². The van der Waals surface area contributed by atoms with Gasteiger partial charge in [0.25, 0.3) is 5.91 Å². The summed E-state index contributed by atoms with van der Waals surface area (Å²) in [4.78, 5) is 35.4. The van der Waals surface area contributed by atoms with E-state index < -0.39 is 17.7 Å². The number of hydrogen-bond acceptors (Lipinski definition) is 10. The number of pyridine rings is 2. The van der Waals surface area contributed by atoms with Gasteiger partial charge in [-0.2, -0.15) is 4.98 Å². The Balaban J connectivity index is 1.14. The van der Waals surface area contributed by atoms with Crippen molar-refractivity contribution in [2.45, 2.75) is 63.5 Å². The number of halogens is 2. The minimum Gasteiger partial charge on any atom is -0.481 e. The highest BCUT2D eigenvalue weighted by Crippen LogP contribution is 2.43. The monoisotopic (exact) mass is 749 g/mol. The number of ether oxygens (including phenoxy) is 2. The molecule has 274 valence electrons. The van der Waals surface area contributed by atoms with Crippen molar-refractivity contribution in [3.63, 3.8) is 0 Å². The molecule has 2 aromatic heterocycles. The fraction of sp³-hybridized carbons (Fsp3) is 0.368. The predicted octanol–water partition coefficient (Wildman–Crippen LogP) is 5.66. The van der Waals surface area contributed by atoms with Crippen LogP contribution in [0.25, 0.3) is 11.1 Å². The number of aliphatic hydroxyl groups excluding tert-OH is 1. The number of hydrogen-bond donors (Lipinski definition) is 5. The lowest BCUT2D eigenvalue weighted by atomic mass is 9.95. The summed E-state index contributed by atoms with van der Waals surface area (Å²) in [5, 5.41) is 35.4. The van der Waals surface area contributed by atoms with E-state index in [9.17, 15) is 19.8 Å². The second-order valence-electron chi connectivity index (χ2n) is 13.5. The third-order valence-electron chi connectivity index (χ3n) is 9.29. The van der Waals surface area contributed by atoms with Gasteiger partial charge in [0.2, 0.25) is 11.8 Å². The van der Waals surface area contributed by atoms with Crippen LogP contribution in [0.4, 0.5) is 5.82 Å². The molecule has 1 unspecified atom stereocenters. The summed E-state index contributed by atoms with van der Waals surface area (Å²) in [6, 6.07) is 16.6. The summed E-state index contributed by atoms with van der Waals surface area (Å²) in [5.74, 6) is -0.552. The third-order valence-corrected chi connectivity index (χ3v) is 9.97. The Morgan fingerprint density at radius 1 is 1.12 bits per heavy atom. The molecule has 3 heterocycles. The molecule has 0 saturated carbocycles. The smallest absolute Gasteiger partial charge is 0.306 e. The predicted molar refractivity (Wildman–Crippen MR) is 197 cm³/mol. The Morgan fingerprint density at radius 3 is 2.62 bits per heavy atom. The van der Waals surface area contributed by atoms with Gasteiger partial charge in [0.15, 0.2) is 0 Å². The molecule has 2 aliphatic rings. The average molecular weight is 751 g/mol. The number of nitrogens with zero attached hydrogens (tertiary/aromatic N) is 3. The molecule has 5 N–H and O–H groups in total. The van der Waals surface area contributed by atoms with Gasteiger partial charge in [0, 0.05) is 50.0 Å². The van der Waals surface area contributed by atoms with Gasteiger partial charge in [-0.05, 0) is 66.6 Å². The number of rotatable bonds is 14. The molecule has 12 nitrogen and oxygen atoms in total. The topological polar surface area (TPSA) is 166 Å². The molecule has 1 aliphatic carbocycles. The first-order chi connectivity index (χ1) is 24.9. The molecule has 6 rings (SSSR count). The Bertz CT molecular complexity index is 1940. The maximum Gasteiger partial charge on any atom is 0.306 e. The van der Waals surface area contributed by atoms with Crippen molar-refractivity contribution in [2.75, 3.05) is 32.1 Å². The van der Waals surface area contributed by atoms with Crippen LogP contribution < -0.4 is 20.1 Å². The van der Waals surface area contributed by atoms with Crippen molar-refractivity contribution in [3.05, 3.63) is 98.7 Å². The van der Waals surface area contributed by atoms with Crippen molar-refractivity contribution >= 4 is 40.9 Å². The zero-order valence-electron chi connectivity index (χ0n) is 28.9. The van der Waals surface area contributed by atoms with Gasteiger partial charge >= 0.3 is 5.97 Å². The molecule has 2 aromatic carbocycles. The number of amides is 1. The lowest BCUT2D eigenvalue weighted by molar-refractivity contribution is -0.139. The molecule has 0 spiro atoms. The quantitative estimate of drug-likeness (QED) is 0.108. The van der Waals surface area contributed by atoms with E-state index in [1.807, 2.05) is 37.3 Å². The highest BCUT2D eigenvalue weighted by Gasteiger charge is 2.31. The number of aliphatic hydroxyl groups is 2. The normalized spacial score (nSPS) is 18.9. The van der Waals surface area contributed by atoms with E-state index in [2.05, 4.69) is 25.5 Å². The van der Waals surface area contributed by atoms with Crippen molar-refractivity contribution in [3.8, 4) is 22.9 Å².